The molecule has 1 aromatic heterocycles. The summed E-state index contributed by atoms with van der Waals surface area (Å²) in [5, 5.41) is 12.0. The highest BCUT2D eigenvalue weighted by Crippen LogP contribution is 2.39. The Morgan fingerprint density at radius 2 is 1.72 bits per heavy atom. The lowest BCUT2D eigenvalue weighted by Crippen LogP contribution is -2.32. The first-order chi connectivity index (χ1) is 11.9. The van der Waals surface area contributed by atoms with Gasteiger partial charge in [-0.15, -0.1) is 0 Å². The van der Waals surface area contributed by atoms with Crippen LogP contribution in [0.3, 0.4) is 0 Å². The smallest absolute Gasteiger partial charge is 0.157 e. The van der Waals surface area contributed by atoms with Crippen LogP contribution < -0.4 is 0 Å². The average molecular weight is 334 g/mol. The van der Waals surface area contributed by atoms with Crippen molar-refractivity contribution in [2.24, 2.45) is 7.05 Å². The number of rotatable bonds is 4. The normalized spacial score (nSPS) is 13.9. The molecule has 3 aromatic rings. The molecule has 1 heterocycles. The van der Waals surface area contributed by atoms with Crippen molar-refractivity contribution < 1.29 is 5.11 Å². The fourth-order valence-electron chi connectivity index (χ4n) is 3.54. The van der Waals surface area contributed by atoms with Crippen molar-refractivity contribution >= 4 is 0 Å². The summed E-state index contributed by atoms with van der Waals surface area (Å²) in [6, 6.07) is 16.1. The Hall–Kier alpha value is -2.39. The number of aryl methyl sites for hydroxylation is 2. The topological polar surface area (TPSA) is 38.1 Å². The SMILES string of the molecule is Cc1ccc(C)c([C@](O)(c2ccccc2)c2cnc(C(C)C)n2C)c1. The third-order valence-electron chi connectivity index (χ3n) is 4.89. The Bertz CT molecular complexity index is 880. The molecule has 0 saturated carbocycles. The molecule has 0 saturated heterocycles. The second-order valence-electron chi connectivity index (χ2n) is 7.11. The molecule has 0 unspecified atom stereocenters. The Kier molecular flexibility index (Phi) is 4.53. The summed E-state index contributed by atoms with van der Waals surface area (Å²) in [6.45, 7) is 8.33. The lowest BCUT2D eigenvalue weighted by molar-refractivity contribution is 0.116. The summed E-state index contributed by atoms with van der Waals surface area (Å²) in [5.74, 6) is 1.26. The standard InChI is InChI=1S/C22H26N2O/c1-15(2)21-23-14-20(24(21)5)22(25,18-9-7-6-8-10-18)19-13-16(3)11-12-17(19)4/h6-15,25H,1-5H3/t22-/m1/s1. The second kappa shape index (κ2) is 6.49. The van der Waals surface area contributed by atoms with Gasteiger partial charge in [0.25, 0.3) is 0 Å². The summed E-state index contributed by atoms with van der Waals surface area (Å²) in [7, 11) is 1.98. The minimum atomic E-state index is -1.24. The molecule has 0 aliphatic heterocycles. The molecule has 25 heavy (non-hydrogen) atoms. The molecular formula is C22H26N2O. The maximum absolute atomic E-state index is 12.0. The lowest BCUT2D eigenvalue weighted by atomic mass is 9.81. The van der Waals surface area contributed by atoms with E-state index >= 15 is 0 Å². The van der Waals surface area contributed by atoms with Crippen LogP contribution >= 0.6 is 0 Å². The Balaban J connectivity index is 2.33. The number of nitrogens with zero attached hydrogens (tertiary/aromatic N) is 2. The monoisotopic (exact) mass is 334 g/mol. The number of aliphatic hydroxyl groups is 1. The number of aromatic nitrogens is 2. The fourth-order valence-corrected chi connectivity index (χ4v) is 3.54. The first-order valence-corrected chi connectivity index (χ1v) is 8.73. The van der Waals surface area contributed by atoms with Gasteiger partial charge in [-0.1, -0.05) is 67.9 Å². The predicted octanol–water partition coefficient (Wildman–Crippen LogP) is 4.44. The van der Waals surface area contributed by atoms with Crippen molar-refractivity contribution in [3.63, 3.8) is 0 Å². The summed E-state index contributed by atoms with van der Waals surface area (Å²) >= 11 is 0. The zero-order valence-corrected chi connectivity index (χ0v) is 15.6. The molecule has 0 fully saturated rings. The Morgan fingerprint density at radius 3 is 2.32 bits per heavy atom. The number of hydrogen-bond donors (Lipinski definition) is 1. The van der Waals surface area contributed by atoms with Crippen LogP contribution in [0.2, 0.25) is 0 Å². The van der Waals surface area contributed by atoms with Crippen molar-refractivity contribution in [3.05, 3.63) is 88.5 Å². The number of hydrogen-bond acceptors (Lipinski definition) is 2. The third kappa shape index (κ3) is 2.89. The van der Waals surface area contributed by atoms with E-state index < -0.39 is 5.60 Å². The molecule has 0 bridgehead atoms. The van der Waals surface area contributed by atoms with Gasteiger partial charge in [-0.05, 0) is 30.5 Å². The van der Waals surface area contributed by atoms with Crippen molar-refractivity contribution in [1.82, 2.24) is 9.55 Å². The molecule has 1 atom stereocenters. The van der Waals surface area contributed by atoms with E-state index in [0.29, 0.717) is 0 Å². The molecule has 0 radical (unpaired) electrons. The highest BCUT2D eigenvalue weighted by atomic mass is 16.3. The maximum Gasteiger partial charge on any atom is 0.157 e. The van der Waals surface area contributed by atoms with Gasteiger partial charge in [-0.25, -0.2) is 4.98 Å². The molecule has 130 valence electrons. The molecule has 3 heteroatoms. The molecule has 3 nitrogen and oxygen atoms in total. The molecule has 0 amide bonds. The molecule has 1 N–H and O–H groups in total. The van der Waals surface area contributed by atoms with Gasteiger partial charge in [-0.2, -0.15) is 0 Å². The molecule has 0 spiro atoms. The van der Waals surface area contributed by atoms with Crippen molar-refractivity contribution in [2.45, 2.75) is 39.2 Å². The summed E-state index contributed by atoms with van der Waals surface area (Å²) < 4.78 is 2.03. The van der Waals surface area contributed by atoms with Crippen molar-refractivity contribution in [3.8, 4) is 0 Å². The predicted molar refractivity (Wildman–Crippen MR) is 102 cm³/mol. The molecule has 0 aliphatic carbocycles. The molecular weight excluding hydrogens is 308 g/mol. The summed E-state index contributed by atoms with van der Waals surface area (Å²) in [6.07, 6.45) is 1.81. The van der Waals surface area contributed by atoms with Crippen LogP contribution in [0.15, 0.2) is 54.7 Å². The van der Waals surface area contributed by atoms with Crippen LogP contribution in [0.5, 0.6) is 0 Å². The van der Waals surface area contributed by atoms with Gasteiger partial charge in [0.15, 0.2) is 5.60 Å². The second-order valence-corrected chi connectivity index (χ2v) is 7.11. The first kappa shape index (κ1) is 17.4. The van der Waals surface area contributed by atoms with E-state index in [1.807, 2.05) is 55.1 Å². The largest absolute Gasteiger partial charge is 0.374 e. The van der Waals surface area contributed by atoms with Gasteiger partial charge >= 0.3 is 0 Å². The van der Waals surface area contributed by atoms with Gasteiger partial charge in [0, 0.05) is 13.0 Å². The van der Waals surface area contributed by atoms with Gasteiger partial charge in [-0.3, -0.25) is 0 Å². The van der Waals surface area contributed by atoms with Gasteiger partial charge < -0.3 is 9.67 Å². The minimum Gasteiger partial charge on any atom is -0.374 e. The van der Waals surface area contributed by atoms with E-state index in [1.54, 1.807) is 0 Å². The number of benzene rings is 2. The summed E-state index contributed by atoms with van der Waals surface area (Å²) in [5.41, 5.74) is 3.48. The Labute approximate surface area is 150 Å². The molecule has 0 aliphatic rings. The average Bonchev–Trinajstić information content (AvgIpc) is 2.99. The van der Waals surface area contributed by atoms with E-state index in [9.17, 15) is 5.11 Å². The van der Waals surface area contributed by atoms with Crippen molar-refractivity contribution in [2.75, 3.05) is 0 Å². The van der Waals surface area contributed by atoms with E-state index in [4.69, 9.17) is 0 Å². The van der Waals surface area contributed by atoms with Gasteiger partial charge in [0.05, 0.1) is 11.9 Å². The zero-order chi connectivity index (χ0) is 18.2. The highest BCUT2D eigenvalue weighted by molar-refractivity contribution is 5.49. The van der Waals surface area contributed by atoms with Crippen LogP contribution in [0, 0.1) is 13.8 Å². The van der Waals surface area contributed by atoms with Gasteiger partial charge in [0.2, 0.25) is 0 Å². The van der Waals surface area contributed by atoms with E-state index in [0.717, 1.165) is 33.8 Å². The Morgan fingerprint density at radius 1 is 1.04 bits per heavy atom. The summed E-state index contributed by atoms with van der Waals surface area (Å²) in [4.78, 5) is 4.59. The molecule has 3 rings (SSSR count). The number of imidazole rings is 1. The fraction of sp³-hybridized carbons (Fsp3) is 0.318. The first-order valence-electron chi connectivity index (χ1n) is 8.73. The highest BCUT2D eigenvalue weighted by Gasteiger charge is 2.38. The van der Waals surface area contributed by atoms with E-state index in [-0.39, 0.29) is 5.92 Å². The minimum absolute atomic E-state index is 0.289. The van der Waals surface area contributed by atoms with E-state index in [1.165, 1.54) is 0 Å². The van der Waals surface area contributed by atoms with Crippen LogP contribution in [0.1, 0.15) is 53.5 Å². The van der Waals surface area contributed by atoms with E-state index in [2.05, 4.69) is 44.0 Å². The van der Waals surface area contributed by atoms with Crippen LogP contribution in [0.4, 0.5) is 0 Å². The maximum atomic E-state index is 12.0. The quantitative estimate of drug-likeness (QED) is 0.766. The zero-order valence-electron chi connectivity index (χ0n) is 15.6. The van der Waals surface area contributed by atoms with Crippen LogP contribution in [-0.4, -0.2) is 14.7 Å². The third-order valence-corrected chi connectivity index (χ3v) is 4.89. The van der Waals surface area contributed by atoms with Crippen LogP contribution in [0.25, 0.3) is 0 Å². The lowest BCUT2D eigenvalue weighted by Gasteiger charge is -2.32. The van der Waals surface area contributed by atoms with Gasteiger partial charge in [0.1, 0.15) is 5.82 Å². The van der Waals surface area contributed by atoms with Crippen molar-refractivity contribution in [1.29, 1.82) is 0 Å². The van der Waals surface area contributed by atoms with Crippen LogP contribution in [-0.2, 0) is 12.6 Å². The molecule has 2 aromatic carbocycles.